The van der Waals surface area contributed by atoms with Crippen molar-refractivity contribution in [1.82, 2.24) is 5.32 Å². The molecule has 1 heterocycles. The summed E-state index contributed by atoms with van der Waals surface area (Å²) in [5.74, 6) is 0.697. The lowest BCUT2D eigenvalue weighted by molar-refractivity contribution is 0.525. The summed E-state index contributed by atoms with van der Waals surface area (Å²) in [7, 11) is 0. The number of hydrogen-bond donors (Lipinski definition) is 1. The Labute approximate surface area is 126 Å². The number of nitrogens with zero attached hydrogens (tertiary/aromatic N) is 1. The fraction of sp³-hybridized carbons (Fsp3) is 0.368. The standard InChI is InChI=1S/C19H22N2/c1-2-4-16(5-3-1)17-13-21(14-17)19-10-6-15(7-11-19)12-20-18-8-9-18/h1-7,10-11,17-18,20H,8-9,12-14H2. The molecule has 1 aliphatic carbocycles. The molecule has 108 valence electrons. The maximum absolute atomic E-state index is 3.56. The van der Waals surface area contributed by atoms with Gasteiger partial charge in [-0.05, 0) is 36.1 Å². The number of anilines is 1. The molecule has 1 saturated heterocycles. The summed E-state index contributed by atoms with van der Waals surface area (Å²) in [6.07, 6.45) is 2.71. The molecule has 0 aromatic heterocycles. The first-order valence-corrected chi connectivity index (χ1v) is 8.01. The Balaban J connectivity index is 1.33. The van der Waals surface area contributed by atoms with Gasteiger partial charge in [0.25, 0.3) is 0 Å². The van der Waals surface area contributed by atoms with Gasteiger partial charge >= 0.3 is 0 Å². The van der Waals surface area contributed by atoms with Crippen LogP contribution in [0.3, 0.4) is 0 Å². The average Bonchev–Trinajstić information content (AvgIpc) is 3.30. The summed E-state index contributed by atoms with van der Waals surface area (Å²) >= 11 is 0. The van der Waals surface area contributed by atoms with Crippen LogP contribution in [0.4, 0.5) is 5.69 Å². The molecule has 21 heavy (non-hydrogen) atoms. The molecule has 0 unspecified atom stereocenters. The van der Waals surface area contributed by atoms with Crippen molar-refractivity contribution in [1.29, 1.82) is 0 Å². The Hall–Kier alpha value is -1.80. The molecule has 4 rings (SSSR count). The smallest absolute Gasteiger partial charge is 0.0366 e. The molecule has 1 aliphatic heterocycles. The Morgan fingerprint density at radius 2 is 1.62 bits per heavy atom. The van der Waals surface area contributed by atoms with Crippen LogP contribution < -0.4 is 10.2 Å². The van der Waals surface area contributed by atoms with Gasteiger partial charge in [0.1, 0.15) is 0 Å². The van der Waals surface area contributed by atoms with E-state index in [1.807, 2.05) is 0 Å². The van der Waals surface area contributed by atoms with Crippen molar-refractivity contribution in [3.05, 3.63) is 65.7 Å². The Morgan fingerprint density at radius 1 is 0.905 bits per heavy atom. The highest BCUT2D eigenvalue weighted by Gasteiger charge is 2.27. The van der Waals surface area contributed by atoms with Crippen molar-refractivity contribution < 1.29 is 0 Å². The highest BCUT2D eigenvalue weighted by molar-refractivity contribution is 5.51. The van der Waals surface area contributed by atoms with E-state index < -0.39 is 0 Å². The van der Waals surface area contributed by atoms with Gasteiger partial charge in [0.2, 0.25) is 0 Å². The fourth-order valence-corrected chi connectivity index (χ4v) is 3.00. The average molecular weight is 278 g/mol. The second-order valence-corrected chi connectivity index (χ2v) is 6.33. The third kappa shape index (κ3) is 2.96. The zero-order valence-corrected chi connectivity index (χ0v) is 12.3. The second-order valence-electron chi connectivity index (χ2n) is 6.33. The van der Waals surface area contributed by atoms with Crippen molar-refractivity contribution in [2.75, 3.05) is 18.0 Å². The fourth-order valence-electron chi connectivity index (χ4n) is 3.00. The summed E-state index contributed by atoms with van der Waals surface area (Å²) in [5.41, 5.74) is 4.22. The summed E-state index contributed by atoms with van der Waals surface area (Å²) < 4.78 is 0. The highest BCUT2D eigenvalue weighted by atomic mass is 15.2. The monoisotopic (exact) mass is 278 g/mol. The van der Waals surface area contributed by atoms with Crippen LogP contribution in [0, 0.1) is 0 Å². The third-order valence-corrected chi connectivity index (χ3v) is 4.63. The number of rotatable bonds is 5. The molecule has 0 amide bonds. The normalized spacial score (nSPS) is 18.6. The molecule has 2 aliphatic rings. The van der Waals surface area contributed by atoms with Crippen LogP contribution >= 0.6 is 0 Å². The minimum absolute atomic E-state index is 0.697. The van der Waals surface area contributed by atoms with E-state index in [9.17, 15) is 0 Å². The van der Waals surface area contributed by atoms with Gasteiger partial charge in [-0.25, -0.2) is 0 Å². The molecule has 2 aromatic carbocycles. The predicted molar refractivity (Wildman–Crippen MR) is 87.7 cm³/mol. The third-order valence-electron chi connectivity index (χ3n) is 4.63. The molecule has 1 N–H and O–H groups in total. The van der Waals surface area contributed by atoms with E-state index in [1.54, 1.807) is 0 Å². The Morgan fingerprint density at radius 3 is 2.29 bits per heavy atom. The van der Waals surface area contributed by atoms with Crippen molar-refractivity contribution in [2.45, 2.75) is 31.3 Å². The van der Waals surface area contributed by atoms with E-state index in [-0.39, 0.29) is 0 Å². The Bertz CT molecular complexity index is 581. The molecular weight excluding hydrogens is 256 g/mol. The quantitative estimate of drug-likeness (QED) is 0.900. The molecule has 2 aromatic rings. The molecule has 0 bridgehead atoms. The van der Waals surface area contributed by atoms with E-state index in [4.69, 9.17) is 0 Å². The number of nitrogens with one attached hydrogen (secondary N) is 1. The molecule has 2 fully saturated rings. The van der Waals surface area contributed by atoms with E-state index in [0.717, 1.165) is 25.7 Å². The van der Waals surface area contributed by atoms with Gasteiger partial charge in [-0.1, -0.05) is 42.5 Å². The number of hydrogen-bond acceptors (Lipinski definition) is 2. The zero-order chi connectivity index (χ0) is 14.1. The summed E-state index contributed by atoms with van der Waals surface area (Å²) in [6, 6.07) is 20.7. The predicted octanol–water partition coefficient (Wildman–Crippen LogP) is 3.54. The van der Waals surface area contributed by atoms with Crippen LogP contribution in [-0.4, -0.2) is 19.1 Å². The molecule has 2 heteroatoms. The van der Waals surface area contributed by atoms with Gasteiger partial charge in [-0.15, -0.1) is 0 Å². The minimum Gasteiger partial charge on any atom is -0.370 e. The molecule has 0 spiro atoms. The van der Waals surface area contributed by atoms with Crippen LogP contribution in [0.15, 0.2) is 54.6 Å². The van der Waals surface area contributed by atoms with Crippen molar-refractivity contribution >= 4 is 5.69 Å². The maximum atomic E-state index is 3.56. The first-order valence-electron chi connectivity index (χ1n) is 8.01. The van der Waals surface area contributed by atoms with E-state index in [1.165, 1.54) is 29.7 Å². The first-order chi connectivity index (χ1) is 10.4. The van der Waals surface area contributed by atoms with Crippen molar-refractivity contribution in [3.8, 4) is 0 Å². The summed E-state index contributed by atoms with van der Waals surface area (Å²) in [5, 5.41) is 3.56. The molecule has 1 saturated carbocycles. The van der Waals surface area contributed by atoms with Gasteiger partial charge in [0.15, 0.2) is 0 Å². The SMILES string of the molecule is c1ccc(C2CN(c3ccc(CNC4CC4)cc3)C2)cc1. The Kier molecular flexibility index (Phi) is 3.40. The summed E-state index contributed by atoms with van der Waals surface area (Å²) in [4.78, 5) is 2.47. The second kappa shape index (κ2) is 5.53. The van der Waals surface area contributed by atoms with Crippen LogP contribution in [0.2, 0.25) is 0 Å². The minimum atomic E-state index is 0.697. The lowest BCUT2D eigenvalue weighted by Gasteiger charge is -2.41. The van der Waals surface area contributed by atoms with Crippen LogP contribution in [0.1, 0.15) is 29.9 Å². The maximum Gasteiger partial charge on any atom is 0.0366 e. The van der Waals surface area contributed by atoms with Crippen LogP contribution in [-0.2, 0) is 6.54 Å². The topological polar surface area (TPSA) is 15.3 Å². The van der Waals surface area contributed by atoms with Crippen LogP contribution in [0.5, 0.6) is 0 Å². The zero-order valence-electron chi connectivity index (χ0n) is 12.3. The first kappa shape index (κ1) is 12.9. The lowest BCUT2D eigenvalue weighted by atomic mass is 9.91. The van der Waals surface area contributed by atoms with Crippen molar-refractivity contribution in [3.63, 3.8) is 0 Å². The van der Waals surface area contributed by atoms with Crippen molar-refractivity contribution in [2.24, 2.45) is 0 Å². The number of benzene rings is 2. The summed E-state index contributed by atoms with van der Waals surface area (Å²) in [6.45, 7) is 3.30. The molecular formula is C19H22N2. The van der Waals surface area contributed by atoms with Gasteiger partial charge in [0, 0.05) is 37.3 Å². The van der Waals surface area contributed by atoms with Gasteiger partial charge in [0.05, 0.1) is 0 Å². The molecule has 2 nitrogen and oxygen atoms in total. The molecule has 0 atom stereocenters. The highest BCUT2D eigenvalue weighted by Crippen LogP contribution is 2.31. The molecule has 0 radical (unpaired) electrons. The van der Waals surface area contributed by atoms with E-state index >= 15 is 0 Å². The van der Waals surface area contributed by atoms with Gasteiger partial charge < -0.3 is 10.2 Å². The largest absolute Gasteiger partial charge is 0.370 e. The van der Waals surface area contributed by atoms with E-state index in [2.05, 4.69) is 64.8 Å². The van der Waals surface area contributed by atoms with Gasteiger partial charge in [-0.3, -0.25) is 0 Å². The van der Waals surface area contributed by atoms with Gasteiger partial charge in [-0.2, -0.15) is 0 Å². The van der Waals surface area contributed by atoms with E-state index in [0.29, 0.717) is 5.92 Å². The van der Waals surface area contributed by atoms with Crippen LogP contribution in [0.25, 0.3) is 0 Å². The lowest BCUT2D eigenvalue weighted by Crippen LogP contribution is -2.45.